The number of carbonyl (C=O) groups excluding carboxylic acids is 1. The highest BCUT2D eigenvalue weighted by Crippen LogP contribution is 2.22. The molecule has 108 valence electrons. The molecule has 0 spiro atoms. The molecule has 0 aromatic carbocycles. The monoisotopic (exact) mass is 272 g/mol. The topological polar surface area (TPSA) is 101 Å². The molecule has 2 N–H and O–H groups in total. The molecule has 0 amide bonds. The van der Waals surface area contributed by atoms with Gasteiger partial charge in [0.05, 0.1) is 12.3 Å². The Morgan fingerprint density at radius 1 is 1.21 bits per heavy atom. The van der Waals surface area contributed by atoms with Crippen molar-refractivity contribution in [1.29, 1.82) is 0 Å². The summed E-state index contributed by atoms with van der Waals surface area (Å²) in [5.74, 6) is -5.04. The summed E-state index contributed by atoms with van der Waals surface area (Å²) >= 11 is 0. The second-order valence-electron chi connectivity index (χ2n) is 4.56. The molecule has 0 bridgehead atoms. The van der Waals surface area contributed by atoms with E-state index in [4.69, 9.17) is 14.9 Å². The number of hydrogen-bond acceptors (Lipinski definition) is 4. The first-order valence-corrected chi connectivity index (χ1v) is 6.03. The Kier molecular flexibility index (Phi) is 6.24. The van der Waals surface area contributed by atoms with Crippen molar-refractivity contribution in [2.45, 2.75) is 45.6 Å². The molecule has 0 aromatic rings. The van der Waals surface area contributed by atoms with Crippen LogP contribution in [0.5, 0.6) is 0 Å². The number of carboxylic acids is 2. The van der Waals surface area contributed by atoms with Crippen molar-refractivity contribution < 1.29 is 29.3 Å². The van der Waals surface area contributed by atoms with E-state index in [1.54, 1.807) is 6.92 Å². The highest BCUT2D eigenvalue weighted by molar-refractivity contribution is 5.95. The molecule has 0 rings (SSSR count). The van der Waals surface area contributed by atoms with Crippen LogP contribution in [-0.4, -0.2) is 33.7 Å². The van der Waals surface area contributed by atoms with Crippen LogP contribution >= 0.6 is 0 Å². The predicted octanol–water partition coefficient (Wildman–Crippen LogP) is 1.84. The van der Waals surface area contributed by atoms with Crippen molar-refractivity contribution in [3.05, 3.63) is 12.2 Å². The summed E-state index contributed by atoms with van der Waals surface area (Å²) in [7, 11) is 0. The summed E-state index contributed by atoms with van der Waals surface area (Å²) in [5.41, 5.74) is -1.19. The van der Waals surface area contributed by atoms with Gasteiger partial charge in [-0.3, -0.25) is 9.59 Å². The molecule has 19 heavy (non-hydrogen) atoms. The molecule has 0 heterocycles. The number of rotatable bonds is 8. The third-order valence-corrected chi connectivity index (χ3v) is 3.22. The van der Waals surface area contributed by atoms with E-state index in [1.807, 2.05) is 13.8 Å². The van der Waals surface area contributed by atoms with Gasteiger partial charge >= 0.3 is 17.9 Å². The number of aliphatic carboxylic acids is 2. The molecular weight excluding hydrogens is 252 g/mol. The van der Waals surface area contributed by atoms with E-state index < -0.39 is 41.4 Å². The zero-order valence-corrected chi connectivity index (χ0v) is 11.4. The van der Waals surface area contributed by atoms with Gasteiger partial charge in [-0.2, -0.15) is 0 Å². The zero-order valence-electron chi connectivity index (χ0n) is 11.4. The van der Waals surface area contributed by atoms with Crippen molar-refractivity contribution in [2.24, 2.45) is 5.92 Å². The highest BCUT2D eigenvalue weighted by atomic mass is 16.6. The summed E-state index contributed by atoms with van der Waals surface area (Å²) in [5, 5.41) is 17.6. The SMILES string of the molecule is C=C(C(=O)O)C(CC(=O)OC(C)(CC)CC)C(=O)O. The largest absolute Gasteiger partial charge is 0.481 e. The predicted molar refractivity (Wildman–Crippen MR) is 67.6 cm³/mol. The molecule has 0 aliphatic rings. The summed E-state index contributed by atoms with van der Waals surface area (Å²) in [6.07, 6.45) is 0.649. The van der Waals surface area contributed by atoms with Crippen LogP contribution in [0.25, 0.3) is 0 Å². The Balaban J connectivity index is 4.80. The summed E-state index contributed by atoms with van der Waals surface area (Å²) in [6, 6.07) is 0. The second kappa shape index (κ2) is 6.92. The first-order valence-electron chi connectivity index (χ1n) is 6.03. The van der Waals surface area contributed by atoms with Gasteiger partial charge in [0.1, 0.15) is 5.60 Å². The van der Waals surface area contributed by atoms with Gasteiger partial charge < -0.3 is 14.9 Å². The van der Waals surface area contributed by atoms with Crippen LogP contribution in [0.4, 0.5) is 0 Å². The lowest BCUT2D eigenvalue weighted by Gasteiger charge is -2.27. The summed E-state index contributed by atoms with van der Waals surface area (Å²) < 4.78 is 5.21. The molecule has 1 atom stereocenters. The van der Waals surface area contributed by atoms with Gasteiger partial charge in [-0.05, 0) is 19.8 Å². The number of esters is 1. The molecule has 6 nitrogen and oxygen atoms in total. The third-order valence-electron chi connectivity index (χ3n) is 3.22. The van der Waals surface area contributed by atoms with Crippen LogP contribution in [-0.2, 0) is 19.1 Å². The normalized spacial score (nSPS) is 12.6. The standard InChI is InChI=1S/C13H20O6/c1-5-13(4,6-2)19-10(14)7-9(12(17)18)8(3)11(15)16/h9H,3,5-7H2,1-2,4H3,(H,15,16)(H,17,18). The molecule has 0 aliphatic heterocycles. The Bertz CT molecular complexity index is 381. The molecule has 0 saturated heterocycles. The van der Waals surface area contributed by atoms with Crippen LogP contribution in [0.2, 0.25) is 0 Å². The van der Waals surface area contributed by atoms with Crippen LogP contribution in [0.15, 0.2) is 12.2 Å². The maximum Gasteiger partial charge on any atom is 0.331 e. The van der Waals surface area contributed by atoms with Crippen molar-refractivity contribution >= 4 is 17.9 Å². The molecule has 0 saturated carbocycles. The number of ether oxygens (including phenoxy) is 1. The minimum atomic E-state index is -1.47. The molecular formula is C13H20O6. The van der Waals surface area contributed by atoms with E-state index in [2.05, 4.69) is 6.58 Å². The maximum atomic E-state index is 11.7. The fraction of sp³-hybridized carbons (Fsp3) is 0.615. The van der Waals surface area contributed by atoms with Crippen molar-refractivity contribution in [3.63, 3.8) is 0 Å². The molecule has 6 heteroatoms. The lowest BCUT2D eigenvalue weighted by Crippen LogP contribution is -2.32. The average molecular weight is 272 g/mol. The van der Waals surface area contributed by atoms with Gasteiger partial charge in [-0.25, -0.2) is 4.79 Å². The Hall–Kier alpha value is -1.85. The first-order chi connectivity index (χ1) is 8.66. The van der Waals surface area contributed by atoms with Crippen molar-refractivity contribution in [3.8, 4) is 0 Å². The van der Waals surface area contributed by atoms with Gasteiger partial charge in [-0.1, -0.05) is 20.4 Å². The molecule has 0 aliphatic carbocycles. The molecule has 0 aromatic heterocycles. The van der Waals surface area contributed by atoms with Gasteiger partial charge in [0.15, 0.2) is 0 Å². The van der Waals surface area contributed by atoms with E-state index >= 15 is 0 Å². The molecule has 0 fully saturated rings. The molecule has 1 unspecified atom stereocenters. The molecule has 0 radical (unpaired) electrons. The van der Waals surface area contributed by atoms with E-state index in [0.29, 0.717) is 12.8 Å². The van der Waals surface area contributed by atoms with E-state index in [1.165, 1.54) is 0 Å². The fourth-order valence-corrected chi connectivity index (χ4v) is 1.39. The van der Waals surface area contributed by atoms with Crippen molar-refractivity contribution in [1.82, 2.24) is 0 Å². The lowest BCUT2D eigenvalue weighted by molar-refractivity contribution is -0.162. The Labute approximate surface area is 112 Å². The minimum Gasteiger partial charge on any atom is -0.481 e. The Morgan fingerprint density at radius 2 is 1.68 bits per heavy atom. The smallest absolute Gasteiger partial charge is 0.331 e. The maximum absolute atomic E-state index is 11.7. The number of hydrogen-bond donors (Lipinski definition) is 2. The van der Waals surface area contributed by atoms with Gasteiger partial charge in [0.25, 0.3) is 0 Å². The highest BCUT2D eigenvalue weighted by Gasteiger charge is 2.32. The first kappa shape index (κ1) is 17.2. The Morgan fingerprint density at radius 3 is 2.00 bits per heavy atom. The van der Waals surface area contributed by atoms with Crippen LogP contribution in [0.1, 0.15) is 40.0 Å². The average Bonchev–Trinajstić information content (AvgIpc) is 2.34. The lowest BCUT2D eigenvalue weighted by atomic mass is 9.96. The van der Waals surface area contributed by atoms with E-state index in [-0.39, 0.29) is 0 Å². The quantitative estimate of drug-likeness (QED) is 0.516. The van der Waals surface area contributed by atoms with Gasteiger partial charge in [0.2, 0.25) is 0 Å². The van der Waals surface area contributed by atoms with Crippen LogP contribution in [0, 0.1) is 5.92 Å². The van der Waals surface area contributed by atoms with Crippen molar-refractivity contribution in [2.75, 3.05) is 0 Å². The zero-order chi connectivity index (χ0) is 15.2. The van der Waals surface area contributed by atoms with Crippen LogP contribution in [0.3, 0.4) is 0 Å². The minimum absolute atomic E-state index is 0.529. The van der Waals surface area contributed by atoms with Gasteiger partial charge in [0, 0.05) is 5.57 Å². The third kappa shape index (κ3) is 5.11. The van der Waals surface area contributed by atoms with Gasteiger partial charge in [-0.15, -0.1) is 0 Å². The summed E-state index contributed by atoms with van der Waals surface area (Å²) in [6.45, 7) is 8.62. The summed E-state index contributed by atoms with van der Waals surface area (Å²) in [4.78, 5) is 33.4. The number of carboxylic acid groups (broad SMARTS) is 2. The van der Waals surface area contributed by atoms with Crippen LogP contribution < -0.4 is 0 Å². The van der Waals surface area contributed by atoms with E-state index in [0.717, 1.165) is 0 Å². The number of carbonyl (C=O) groups is 3. The fourth-order valence-electron chi connectivity index (χ4n) is 1.39. The van der Waals surface area contributed by atoms with E-state index in [9.17, 15) is 14.4 Å². The second-order valence-corrected chi connectivity index (χ2v) is 4.56.